The Morgan fingerprint density at radius 3 is 2.62 bits per heavy atom. The minimum Gasteiger partial charge on any atom is -0.496 e. The van der Waals surface area contributed by atoms with E-state index in [0.717, 1.165) is 35.8 Å². The Bertz CT molecular complexity index is 724. The lowest BCUT2D eigenvalue weighted by atomic mass is 10.1. The summed E-state index contributed by atoms with van der Waals surface area (Å²) >= 11 is 0. The van der Waals surface area contributed by atoms with Gasteiger partial charge in [0.05, 0.1) is 31.7 Å². The van der Waals surface area contributed by atoms with Gasteiger partial charge in [-0.2, -0.15) is 0 Å². The zero-order valence-electron chi connectivity index (χ0n) is 14.0. The van der Waals surface area contributed by atoms with Crippen LogP contribution in [0.3, 0.4) is 0 Å². The first-order valence-electron chi connectivity index (χ1n) is 8.07. The second-order valence-electron chi connectivity index (χ2n) is 5.76. The third-order valence-electron chi connectivity index (χ3n) is 4.16. The maximum absolute atomic E-state index is 12.6. The summed E-state index contributed by atoms with van der Waals surface area (Å²) in [4.78, 5) is 14.8. The number of anilines is 2. The number of ether oxygens (including phenoxy) is 2. The molecule has 1 heterocycles. The van der Waals surface area contributed by atoms with Gasteiger partial charge >= 0.3 is 0 Å². The van der Waals surface area contributed by atoms with Crippen LogP contribution in [0.2, 0.25) is 0 Å². The number of hydrogen-bond donors (Lipinski definition) is 1. The molecule has 1 aliphatic rings. The molecule has 1 N–H and O–H groups in total. The molecule has 0 unspecified atom stereocenters. The van der Waals surface area contributed by atoms with E-state index < -0.39 is 0 Å². The van der Waals surface area contributed by atoms with E-state index in [4.69, 9.17) is 9.47 Å². The van der Waals surface area contributed by atoms with Crippen LogP contribution in [0.5, 0.6) is 5.75 Å². The molecule has 0 saturated carbocycles. The fraction of sp³-hybridized carbons (Fsp3) is 0.316. The van der Waals surface area contributed by atoms with E-state index >= 15 is 0 Å². The first kappa shape index (κ1) is 16.3. The number of hydrogen-bond acceptors (Lipinski definition) is 4. The molecule has 1 aliphatic heterocycles. The molecule has 0 aromatic heterocycles. The summed E-state index contributed by atoms with van der Waals surface area (Å²) in [6.07, 6.45) is 0. The molecule has 0 aliphatic carbocycles. The van der Waals surface area contributed by atoms with Crippen molar-refractivity contribution < 1.29 is 14.3 Å². The van der Waals surface area contributed by atoms with Crippen LogP contribution in [-0.2, 0) is 4.74 Å². The van der Waals surface area contributed by atoms with Crippen LogP contribution >= 0.6 is 0 Å². The highest BCUT2D eigenvalue weighted by Crippen LogP contribution is 2.27. The largest absolute Gasteiger partial charge is 0.496 e. The lowest BCUT2D eigenvalue weighted by Crippen LogP contribution is -2.36. The molecule has 5 nitrogen and oxygen atoms in total. The van der Waals surface area contributed by atoms with E-state index in [2.05, 4.69) is 10.2 Å². The number of aryl methyl sites for hydroxylation is 1. The predicted octanol–water partition coefficient (Wildman–Crippen LogP) is 3.09. The van der Waals surface area contributed by atoms with Gasteiger partial charge in [-0.25, -0.2) is 0 Å². The molecular formula is C19H22N2O3. The zero-order chi connectivity index (χ0) is 16.9. The highest BCUT2D eigenvalue weighted by atomic mass is 16.5. The standard InChI is InChI=1S/C19H22N2O3/c1-14-13-15(7-8-18(14)23-2)19(22)20-16-5-3-4-6-17(16)21-9-11-24-12-10-21/h3-8,13H,9-12H2,1-2H3,(H,20,22). The van der Waals surface area contributed by atoms with Crippen LogP contribution in [0.25, 0.3) is 0 Å². The van der Waals surface area contributed by atoms with E-state index in [9.17, 15) is 4.79 Å². The van der Waals surface area contributed by atoms with Crippen LogP contribution in [0.15, 0.2) is 42.5 Å². The summed E-state index contributed by atoms with van der Waals surface area (Å²) in [6, 6.07) is 13.3. The number of methoxy groups -OCH3 is 1. The number of nitrogens with zero attached hydrogens (tertiary/aromatic N) is 1. The topological polar surface area (TPSA) is 50.8 Å². The summed E-state index contributed by atoms with van der Waals surface area (Å²) in [5, 5.41) is 3.03. The quantitative estimate of drug-likeness (QED) is 0.938. The van der Waals surface area contributed by atoms with Gasteiger partial charge in [-0.05, 0) is 42.8 Å². The van der Waals surface area contributed by atoms with Gasteiger partial charge in [0, 0.05) is 18.7 Å². The number of benzene rings is 2. The highest BCUT2D eigenvalue weighted by molar-refractivity contribution is 6.06. The van der Waals surface area contributed by atoms with E-state index in [-0.39, 0.29) is 5.91 Å². The van der Waals surface area contributed by atoms with Crippen molar-refractivity contribution in [3.63, 3.8) is 0 Å². The number of rotatable bonds is 4. The van der Waals surface area contributed by atoms with Crippen LogP contribution in [-0.4, -0.2) is 39.3 Å². The third kappa shape index (κ3) is 3.51. The molecule has 0 bridgehead atoms. The maximum atomic E-state index is 12.6. The van der Waals surface area contributed by atoms with E-state index in [1.807, 2.05) is 43.3 Å². The van der Waals surface area contributed by atoms with Crippen molar-refractivity contribution in [2.45, 2.75) is 6.92 Å². The number of morpholine rings is 1. The van der Waals surface area contributed by atoms with Crippen molar-refractivity contribution in [1.29, 1.82) is 0 Å². The lowest BCUT2D eigenvalue weighted by Gasteiger charge is -2.30. The summed E-state index contributed by atoms with van der Waals surface area (Å²) < 4.78 is 10.7. The van der Waals surface area contributed by atoms with E-state index in [1.54, 1.807) is 13.2 Å². The third-order valence-corrected chi connectivity index (χ3v) is 4.16. The van der Waals surface area contributed by atoms with Crippen LogP contribution in [0.1, 0.15) is 15.9 Å². The molecule has 126 valence electrons. The lowest BCUT2D eigenvalue weighted by molar-refractivity contribution is 0.102. The smallest absolute Gasteiger partial charge is 0.255 e. The fourth-order valence-corrected chi connectivity index (χ4v) is 2.87. The average molecular weight is 326 g/mol. The molecule has 24 heavy (non-hydrogen) atoms. The molecule has 5 heteroatoms. The number of carbonyl (C=O) groups is 1. The Kier molecular flexibility index (Phi) is 5.01. The average Bonchev–Trinajstić information content (AvgIpc) is 2.63. The predicted molar refractivity (Wildman–Crippen MR) is 95.2 cm³/mol. The minimum atomic E-state index is -0.124. The summed E-state index contributed by atoms with van der Waals surface area (Å²) in [7, 11) is 1.63. The normalized spacial score (nSPS) is 14.3. The van der Waals surface area contributed by atoms with Gasteiger partial charge in [0.15, 0.2) is 0 Å². The van der Waals surface area contributed by atoms with Crippen LogP contribution in [0.4, 0.5) is 11.4 Å². The van der Waals surface area contributed by atoms with Crippen molar-refractivity contribution in [2.24, 2.45) is 0 Å². The second-order valence-corrected chi connectivity index (χ2v) is 5.76. The van der Waals surface area contributed by atoms with Gasteiger partial charge < -0.3 is 19.7 Å². The van der Waals surface area contributed by atoms with E-state index in [1.165, 1.54) is 0 Å². The molecule has 0 spiro atoms. The first-order valence-corrected chi connectivity index (χ1v) is 8.07. The zero-order valence-corrected chi connectivity index (χ0v) is 14.0. The number of carbonyl (C=O) groups excluding carboxylic acids is 1. The molecule has 1 saturated heterocycles. The second kappa shape index (κ2) is 7.36. The van der Waals surface area contributed by atoms with Gasteiger partial charge in [0.2, 0.25) is 0 Å². The molecule has 0 radical (unpaired) electrons. The van der Waals surface area contributed by atoms with Gasteiger partial charge in [0.1, 0.15) is 5.75 Å². The first-order chi connectivity index (χ1) is 11.7. The Hall–Kier alpha value is -2.53. The molecule has 1 amide bonds. The minimum absolute atomic E-state index is 0.124. The Balaban J connectivity index is 1.80. The SMILES string of the molecule is COc1ccc(C(=O)Nc2ccccc2N2CCOCC2)cc1C. The monoisotopic (exact) mass is 326 g/mol. The van der Waals surface area contributed by atoms with Gasteiger partial charge in [-0.1, -0.05) is 12.1 Å². The van der Waals surface area contributed by atoms with Gasteiger partial charge in [-0.3, -0.25) is 4.79 Å². The molecule has 2 aromatic rings. The summed E-state index contributed by atoms with van der Waals surface area (Å²) in [6.45, 7) is 5.00. The number of para-hydroxylation sites is 2. The molecular weight excluding hydrogens is 304 g/mol. The fourth-order valence-electron chi connectivity index (χ4n) is 2.87. The van der Waals surface area contributed by atoms with Crippen molar-refractivity contribution in [3.05, 3.63) is 53.6 Å². The van der Waals surface area contributed by atoms with Crippen molar-refractivity contribution in [1.82, 2.24) is 0 Å². The van der Waals surface area contributed by atoms with Gasteiger partial charge in [0.25, 0.3) is 5.91 Å². The van der Waals surface area contributed by atoms with Crippen molar-refractivity contribution >= 4 is 17.3 Å². The maximum Gasteiger partial charge on any atom is 0.255 e. The summed E-state index contributed by atoms with van der Waals surface area (Å²) in [5.74, 6) is 0.654. The molecule has 0 atom stereocenters. The Morgan fingerprint density at radius 2 is 1.92 bits per heavy atom. The van der Waals surface area contributed by atoms with Crippen molar-refractivity contribution in [2.75, 3.05) is 43.6 Å². The van der Waals surface area contributed by atoms with Crippen LogP contribution < -0.4 is 15.0 Å². The summed E-state index contributed by atoms with van der Waals surface area (Å²) in [5.41, 5.74) is 3.40. The Labute approximate surface area is 142 Å². The van der Waals surface area contributed by atoms with Gasteiger partial charge in [-0.15, -0.1) is 0 Å². The van der Waals surface area contributed by atoms with Crippen LogP contribution in [0, 0.1) is 6.92 Å². The number of nitrogens with one attached hydrogen (secondary N) is 1. The molecule has 1 fully saturated rings. The highest BCUT2D eigenvalue weighted by Gasteiger charge is 2.16. The molecule has 2 aromatic carbocycles. The van der Waals surface area contributed by atoms with Crippen molar-refractivity contribution in [3.8, 4) is 5.75 Å². The molecule has 3 rings (SSSR count). The number of amides is 1. The van der Waals surface area contributed by atoms with E-state index in [0.29, 0.717) is 18.8 Å². The Morgan fingerprint density at radius 1 is 1.17 bits per heavy atom.